The number of carboxylic acids is 1. The summed E-state index contributed by atoms with van der Waals surface area (Å²) in [5.74, 6) is -1.22. The Hall–Kier alpha value is -1.75. The van der Waals surface area contributed by atoms with Crippen LogP contribution in [0.1, 0.15) is 36.5 Å². The molecule has 19 heavy (non-hydrogen) atoms. The number of carbonyl (C=O) groups is 2. The number of halogens is 1. The fraction of sp³-hybridized carbons (Fsp3) is 0.385. The molecular formula is C13H16ClNO4. The van der Waals surface area contributed by atoms with Crippen LogP contribution in [0.5, 0.6) is 5.75 Å². The third kappa shape index (κ3) is 5.18. The molecule has 1 atom stereocenters. The molecule has 0 bridgehead atoms. The van der Waals surface area contributed by atoms with E-state index in [-0.39, 0.29) is 29.1 Å². The van der Waals surface area contributed by atoms with Crippen LogP contribution in [-0.4, -0.2) is 28.1 Å². The molecule has 1 aromatic rings. The van der Waals surface area contributed by atoms with Crippen molar-refractivity contribution >= 4 is 23.5 Å². The van der Waals surface area contributed by atoms with E-state index in [1.165, 1.54) is 18.2 Å². The van der Waals surface area contributed by atoms with Crippen LogP contribution in [0.2, 0.25) is 5.02 Å². The quantitative estimate of drug-likeness (QED) is 0.749. The molecule has 3 N–H and O–H groups in total. The van der Waals surface area contributed by atoms with Gasteiger partial charge in [-0.05, 0) is 38.0 Å². The summed E-state index contributed by atoms with van der Waals surface area (Å²) in [6, 6.07) is 4.09. The zero-order valence-electron chi connectivity index (χ0n) is 10.5. The Labute approximate surface area is 116 Å². The van der Waals surface area contributed by atoms with Crippen LogP contribution in [0.25, 0.3) is 0 Å². The van der Waals surface area contributed by atoms with Crippen LogP contribution in [0.4, 0.5) is 0 Å². The van der Waals surface area contributed by atoms with Crippen molar-refractivity contribution in [3.8, 4) is 5.75 Å². The van der Waals surface area contributed by atoms with Crippen molar-refractivity contribution in [3.05, 3.63) is 28.8 Å². The van der Waals surface area contributed by atoms with Gasteiger partial charge in [-0.2, -0.15) is 0 Å². The Kier molecular flexibility index (Phi) is 5.63. The van der Waals surface area contributed by atoms with E-state index in [1.807, 2.05) is 6.92 Å². The van der Waals surface area contributed by atoms with Crippen molar-refractivity contribution in [1.29, 1.82) is 0 Å². The van der Waals surface area contributed by atoms with Gasteiger partial charge in [-0.25, -0.2) is 0 Å². The van der Waals surface area contributed by atoms with E-state index in [1.54, 1.807) is 0 Å². The number of carboxylic acid groups (broad SMARTS) is 1. The summed E-state index contributed by atoms with van der Waals surface area (Å²) in [7, 11) is 0. The molecule has 6 heteroatoms. The summed E-state index contributed by atoms with van der Waals surface area (Å²) in [6.45, 7) is 1.81. The van der Waals surface area contributed by atoms with Crippen molar-refractivity contribution in [2.75, 3.05) is 0 Å². The maximum Gasteiger partial charge on any atom is 0.303 e. The molecule has 0 spiro atoms. The number of rotatable bonds is 6. The van der Waals surface area contributed by atoms with Crippen molar-refractivity contribution < 1.29 is 19.8 Å². The van der Waals surface area contributed by atoms with Crippen molar-refractivity contribution in [3.63, 3.8) is 0 Å². The molecule has 1 unspecified atom stereocenters. The number of amides is 1. The minimum absolute atomic E-state index is 0.0762. The van der Waals surface area contributed by atoms with Crippen LogP contribution >= 0.6 is 11.6 Å². The number of aromatic hydroxyl groups is 1. The van der Waals surface area contributed by atoms with E-state index >= 15 is 0 Å². The third-order valence-electron chi connectivity index (χ3n) is 2.62. The smallest absolute Gasteiger partial charge is 0.303 e. The normalized spacial score (nSPS) is 11.9. The third-order valence-corrected chi connectivity index (χ3v) is 2.92. The maximum absolute atomic E-state index is 11.8. The Balaban J connectivity index is 2.49. The van der Waals surface area contributed by atoms with Crippen molar-refractivity contribution in [2.45, 2.75) is 32.2 Å². The highest BCUT2D eigenvalue weighted by molar-refractivity contribution is 6.32. The summed E-state index contributed by atoms with van der Waals surface area (Å²) < 4.78 is 0. The highest BCUT2D eigenvalue weighted by atomic mass is 35.5. The zero-order chi connectivity index (χ0) is 14.4. The molecule has 0 fully saturated rings. The van der Waals surface area contributed by atoms with E-state index < -0.39 is 5.97 Å². The minimum atomic E-state index is -0.844. The van der Waals surface area contributed by atoms with E-state index in [0.717, 1.165) is 0 Å². The first-order valence-corrected chi connectivity index (χ1v) is 6.29. The van der Waals surface area contributed by atoms with Crippen molar-refractivity contribution in [1.82, 2.24) is 5.32 Å². The van der Waals surface area contributed by atoms with Crippen LogP contribution in [0.3, 0.4) is 0 Å². The predicted octanol–water partition coefficient (Wildman–Crippen LogP) is 2.42. The molecule has 0 heterocycles. The number of carbonyl (C=O) groups excluding carboxylic acids is 1. The fourth-order valence-electron chi connectivity index (χ4n) is 1.59. The minimum Gasteiger partial charge on any atom is -0.506 e. The molecule has 104 valence electrons. The standard InChI is InChI=1S/C13H16ClNO4/c1-8(3-2-4-12(17)18)15-13(19)9-5-6-11(16)10(14)7-9/h5-8,16H,2-4H2,1H3,(H,15,19)(H,17,18). The van der Waals surface area contributed by atoms with Gasteiger partial charge in [-0.15, -0.1) is 0 Å². The first kappa shape index (κ1) is 15.3. The Morgan fingerprint density at radius 1 is 1.42 bits per heavy atom. The lowest BCUT2D eigenvalue weighted by molar-refractivity contribution is -0.137. The monoisotopic (exact) mass is 285 g/mol. The summed E-state index contributed by atoms with van der Waals surface area (Å²) in [5, 5.41) is 20.6. The molecule has 5 nitrogen and oxygen atoms in total. The molecule has 0 aliphatic carbocycles. The van der Waals surface area contributed by atoms with Crippen LogP contribution in [-0.2, 0) is 4.79 Å². The zero-order valence-corrected chi connectivity index (χ0v) is 11.3. The van der Waals surface area contributed by atoms with Gasteiger partial charge in [0.1, 0.15) is 5.75 Å². The maximum atomic E-state index is 11.8. The number of hydrogen-bond donors (Lipinski definition) is 3. The van der Waals surface area contributed by atoms with E-state index in [9.17, 15) is 14.7 Å². The van der Waals surface area contributed by atoms with Crippen LogP contribution < -0.4 is 5.32 Å². The predicted molar refractivity (Wildman–Crippen MR) is 71.5 cm³/mol. The SMILES string of the molecule is CC(CCCC(=O)O)NC(=O)c1ccc(O)c(Cl)c1. The van der Waals surface area contributed by atoms with Crippen LogP contribution in [0.15, 0.2) is 18.2 Å². The molecule has 0 saturated carbocycles. The first-order chi connectivity index (χ1) is 8.90. The molecule has 1 amide bonds. The lowest BCUT2D eigenvalue weighted by Gasteiger charge is -2.13. The van der Waals surface area contributed by atoms with Gasteiger partial charge < -0.3 is 15.5 Å². The Morgan fingerprint density at radius 3 is 2.68 bits per heavy atom. The first-order valence-electron chi connectivity index (χ1n) is 5.91. The number of aliphatic carboxylic acids is 1. The number of hydrogen-bond acceptors (Lipinski definition) is 3. The highest BCUT2D eigenvalue weighted by Crippen LogP contribution is 2.23. The summed E-state index contributed by atoms with van der Waals surface area (Å²) >= 11 is 5.72. The van der Waals surface area contributed by atoms with Gasteiger partial charge in [0.05, 0.1) is 5.02 Å². The molecule has 0 radical (unpaired) electrons. The van der Waals surface area contributed by atoms with Gasteiger partial charge in [-0.3, -0.25) is 9.59 Å². The van der Waals surface area contributed by atoms with Crippen LogP contribution in [0, 0.1) is 0 Å². The number of phenols is 1. The molecule has 0 saturated heterocycles. The van der Waals surface area contributed by atoms with Crippen molar-refractivity contribution in [2.24, 2.45) is 0 Å². The van der Waals surface area contributed by atoms with Gasteiger partial charge in [0, 0.05) is 18.0 Å². The summed E-state index contributed by atoms with van der Waals surface area (Å²) in [6.07, 6.45) is 1.18. The molecule has 0 aromatic heterocycles. The van der Waals surface area contributed by atoms with Gasteiger partial charge in [0.25, 0.3) is 5.91 Å². The van der Waals surface area contributed by atoms with Gasteiger partial charge >= 0.3 is 5.97 Å². The highest BCUT2D eigenvalue weighted by Gasteiger charge is 2.11. The fourth-order valence-corrected chi connectivity index (χ4v) is 1.77. The van der Waals surface area contributed by atoms with E-state index in [2.05, 4.69) is 5.32 Å². The average Bonchev–Trinajstić information content (AvgIpc) is 2.32. The number of nitrogens with one attached hydrogen (secondary N) is 1. The summed E-state index contributed by atoms with van der Waals surface area (Å²) in [4.78, 5) is 22.2. The van der Waals surface area contributed by atoms with E-state index in [0.29, 0.717) is 18.4 Å². The molecule has 0 aliphatic heterocycles. The Morgan fingerprint density at radius 2 is 2.11 bits per heavy atom. The molecular weight excluding hydrogens is 270 g/mol. The summed E-state index contributed by atoms with van der Waals surface area (Å²) in [5.41, 5.74) is 0.355. The number of phenolic OH excluding ortho intramolecular Hbond substituents is 1. The number of benzene rings is 1. The second kappa shape index (κ2) is 6.99. The lowest BCUT2D eigenvalue weighted by atomic mass is 10.1. The second-order valence-electron chi connectivity index (χ2n) is 4.33. The topological polar surface area (TPSA) is 86.6 Å². The van der Waals surface area contributed by atoms with Gasteiger partial charge in [0.15, 0.2) is 0 Å². The lowest BCUT2D eigenvalue weighted by Crippen LogP contribution is -2.32. The largest absolute Gasteiger partial charge is 0.506 e. The Bertz CT molecular complexity index is 476. The molecule has 0 aliphatic rings. The molecule has 1 rings (SSSR count). The van der Waals surface area contributed by atoms with Gasteiger partial charge in [0.2, 0.25) is 0 Å². The molecule has 1 aromatic carbocycles. The average molecular weight is 286 g/mol. The van der Waals surface area contributed by atoms with E-state index in [4.69, 9.17) is 16.7 Å². The second-order valence-corrected chi connectivity index (χ2v) is 4.73. The van der Waals surface area contributed by atoms with Gasteiger partial charge in [-0.1, -0.05) is 11.6 Å².